The molecule has 0 bridgehead atoms. The number of carbonyl (C=O) groups is 1. The van der Waals surface area contributed by atoms with E-state index in [1.54, 1.807) is 6.20 Å². The molecule has 0 aliphatic rings. The molecule has 0 atom stereocenters. The molecule has 1 aromatic heterocycles. The van der Waals surface area contributed by atoms with Gasteiger partial charge in [-0.25, -0.2) is 0 Å². The van der Waals surface area contributed by atoms with E-state index in [1.807, 2.05) is 42.9 Å². The Morgan fingerprint density at radius 2 is 1.87 bits per heavy atom. The quantitative estimate of drug-likeness (QED) is 0.785. The van der Waals surface area contributed by atoms with E-state index in [0.29, 0.717) is 13.1 Å². The third-order valence-corrected chi connectivity index (χ3v) is 4.61. The lowest BCUT2D eigenvalue weighted by atomic mass is 9.81. The number of amides is 1. The van der Waals surface area contributed by atoms with Crippen LogP contribution in [0.1, 0.15) is 37.8 Å². The predicted molar refractivity (Wildman–Crippen MR) is 91.7 cm³/mol. The van der Waals surface area contributed by atoms with Crippen LogP contribution in [0.25, 0.3) is 0 Å². The Balaban J connectivity index is 1.92. The monoisotopic (exact) mass is 314 g/mol. The van der Waals surface area contributed by atoms with Gasteiger partial charge < -0.3 is 11.1 Å². The molecule has 124 valence electrons. The van der Waals surface area contributed by atoms with Gasteiger partial charge in [-0.1, -0.05) is 38.1 Å². The molecule has 0 fully saturated rings. The number of hydrogen-bond donors (Lipinski definition) is 2. The third-order valence-electron chi connectivity index (χ3n) is 4.61. The Morgan fingerprint density at radius 3 is 2.39 bits per heavy atom. The summed E-state index contributed by atoms with van der Waals surface area (Å²) in [6.07, 6.45) is 5.23. The van der Waals surface area contributed by atoms with E-state index < -0.39 is 5.41 Å². The van der Waals surface area contributed by atoms with Crippen LogP contribution in [0.5, 0.6) is 0 Å². The lowest BCUT2D eigenvalue weighted by Crippen LogP contribution is -2.45. The Labute approximate surface area is 137 Å². The minimum absolute atomic E-state index is 0.0469. The number of benzene rings is 1. The van der Waals surface area contributed by atoms with Gasteiger partial charge in [0.2, 0.25) is 5.91 Å². The summed E-state index contributed by atoms with van der Waals surface area (Å²) < 4.78 is 1.88. The van der Waals surface area contributed by atoms with Crippen LogP contribution in [-0.4, -0.2) is 22.2 Å². The van der Waals surface area contributed by atoms with Gasteiger partial charge in [0.05, 0.1) is 12.0 Å². The summed E-state index contributed by atoms with van der Waals surface area (Å²) in [7, 11) is 0. The second-order valence-corrected chi connectivity index (χ2v) is 5.89. The summed E-state index contributed by atoms with van der Waals surface area (Å²) in [5.74, 6) is 0.0469. The van der Waals surface area contributed by atoms with E-state index in [2.05, 4.69) is 22.5 Å². The fourth-order valence-electron chi connectivity index (χ4n) is 2.67. The molecule has 0 aliphatic carbocycles. The van der Waals surface area contributed by atoms with E-state index in [9.17, 15) is 4.79 Å². The van der Waals surface area contributed by atoms with Gasteiger partial charge in [0.1, 0.15) is 0 Å². The molecule has 0 saturated heterocycles. The molecule has 1 amide bonds. The van der Waals surface area contributed by atoms with Gasteiger partial charge in [-0.3, -0.25) is 9.48 Å². The van der Waals surface area contributed by atoms with Crippen LogP contribution in [0, 0.1) is 5.41 Å². The fraction of sp³-hybridized carbons (Fsp3) is 0.444. The number of carbonyl (C=O) groups excluding carboxylic acids is 1. The van der Waals surface area contributed by atoms with Gasteiger partial charge in [0.25, 0.3) is 0 Å². The Bertz CT molecular complexity index is 592. The molecule has 1 aromatic carbocycles. The van der Waals surface area contributed by atoms with Gasteiger partial charge in [-0.15, -0.1) is 0 Å². The van der Waals surface area contributed by atoms with Crippen molar-refractivity contribution in [1.29, 1.82) is 0 Å². The minimum Gasteiger partial charge on any atom is -0.352 e. The van der Waals surface area contributed by atoms with Crippen molar-refractivity contribution in [3.05, 3.63) is 53.9 Å². The van der Waals surface area contributed by atoms with Crippen molar-refractivity contribution in [2.75, 3.05) is 6.54 Å². The Morgan fingerprint density at radius 1 is 1.22 bits per heavy atom. The van der Waals surface area contributed by atoms with Crippen LogP contribution in [0.2, 0.25) is 0 Å². The molecular formula is C18H26N4O. The summed E-state index contributed by atoms with van der Waals surface area (Å²) in [6, 6.07) is 10.1. The van der Waals surface area contributed by atoms with Gasteiger partial charge >= 0.3 is 0 Å². The van der Waals surface area contributed by atoms with Crippen molar-refractivity contribution in [2.45, 2.75) is 39.8 Å². The summed E-state index contributed by atoms with van der Waals surface area (Å²) in [5.41, 5.74) is 7.64. The first-order valence-corrected chi connectivity index (χ1v) is 8.17. The number of nitrogens with zero attached hydrogens (tertiary/aromatic N) is 2. The number of nitrogens with one attached hydrogen (secondary N) is 1. The molecule has 0 unspecified atom stereocenters. The highest BCUT2D eigenvalue weighted by molar-refractivity contribution is 5.82. The first kappa shape index (κ1) is 17.2. The lowest BCUT2D eigenvalue weighted by Gasteiger charge is -2.28. The number of rotatable bonds is 8. The normalized spacial score (nSPS) is 11.4. The van der Waals surface area contributed by atoms with E-state index >= 15 is 0 Å². The summed E-state index contributed by atoms with van der Waals surface area (Å²) in [6.45, 7) is 5.69. The fourth-order valence-corrected chi connectivity index (χ4v) is 2.67. The zero-order valence-corrected chi connectivity index (χ0v) is 14.0. The van der Waals surface area contributed by atoms with Crippen molar-refractivity contribution in [3.63, 3.8) is 0 Å². The SMILES string of the molecule is CCC(CC)(CN)C(=O)NCc1ccc(Cn2cccn2)cc1. The van der Waals surface area contributed by atoms with Gasteiger partial charge in [-0.2, -0.15) is 5.10 Å². The van der Waals surface area contributed by atoms with E-state index in [1.165, 1.54) is 5.56 Å². The van der Waals surface area contributed by atoms with Gasteiger partial charge in [0, 0.05) is 25.5 Å². The zero-order chi connectivity index (χ0) is 16.7. The van der Waals surface area contributed by atoms with Crippen LogP contribution in [-0.2, 0) is 17.9 Å². The largest absolute Gasteiger partial charge is 0.352 e. The van der Waals surface area contributed by atoms with Crippen molar-refractivity contribution in [1.82, 2.24) is 15.1 Å². The highest BCUT2D eigenvalue weighted by Gasteiger charge is 2.32. The molecule has 2 rings (SSSR count). The topological polar surface area (TPSA) is 72.9 Å². The number of aromatic nitrogens is 2. The van der Waals surface area contributed by atoms with E-state index in [-0.39, 0.29) is 5.91 Å². The predicted octanol–water partition coefficient (Wildman–Crippen LogP) is 2.31. The Kier molecular flexibility index (Phi) is 5.93. The number of hydrogen-bond acceptors (Lipinski definition) is 3. The standard InChI is InChI=1S/C18H26N4O/c1-3-18(4-2,14-19)17(23)20-12-15-6-8-16(9-7-15)13-22-11-5-10-21-22/h5-11H,3-4,12-14,19H2,1-2H3,(H,20,23). The molecule has 0 spiro atoms. The molecule has 2 aromatic rings. The van der Waals surface area contributed by atoms with Crippen molar-refractivity contribution in [3.8, 4) is 0 Å². The van der Waals surface area contributed by atoms with Crippen molar-refractivity contribution in [2.24, 2.45) is 11.1 Å². The molecule has 5 nitrogen and oxygen atoms in total. The maximum absolute atomic E-state index is 12.4. The molecule has 0 radical (unpaired) electrons. The smallest absolute Gasteiger partial charge is 0.227 e. The van der Waals surface area contributed by atoms with E-state index in [0.717, 1.165) is 24.9 Å². The van der Waals surface area contributed by atoms with Crippen LogP contribution < -0.4 is 11.1 Å². The summed E-state index contributed by atoms with van der Waals surface area (Å²) >= 11 is 0. The summed E-state index contributed by atoms with van der Waals surface area (Å²) in [5, 5.41) is 7.22. The first-order chi connectivity index (χ1) is 11.1. The average molecular weight is 314 g/mol. The molecule has 1 heterocycles. The molecule has 0 aliphatic heterocycles. The minimum atomic E-state index is -0.444. The molecular weight excluding hydrogens is 288 g/mol. The summed E-state index contributed by atoms with van der Waals surface area (Å²) in [4.78, 5) is 12.4. The zero-order valence-electron chi connectivity index (χ0n) is 14.0. The maximum Gasteiger partial charge on any atom is 0.227 e. The van der Waals surface area contributed by atoms with Gasteiger partial charge in [0.15, 0.2) is 0 Å². The van der Waals surface area contributed by atoms with Crippen LogP contribution in [0.4, 0.5) is 0 Å². The first-order valence-electron chi connectivity index (χ1n) is 8.17. The van der Waals surface area contributed by atoms with Gasteiger partial charge in [-0.05, 0) is 30.0 Å². The van der Waals surface area contributed by atoms with E-state index in [4.69, 9.17) is 5.73 Å². The number of nitrogens with two attached hydrogens (primary N) is 1. The highest BCUT2D eigenvalue weighted by atomic mass is 16.2. The van der Waals surface area contributed by atoms with Crippen LogP contribution in [0.3, 0.4) is 0 Å². The maximum atomic E-state index is 12.4. The molecule has 5 heteroatoms. The average Bonchev–Trinajstić information content (AvgIpc) is 3.09. The Hall–Kier alpha value is -2.14. The van der Waals surface area contributed by atoms with Crippen LogP contribution >= 0.6 is 0 Å². The van der Waals surface area contributed by atoms with Crippen molar-refractivity contribution >= 4 is 5.91 Å². The highest BCUT2D eigenvalue weighted by Crippen LogP contribution is 2.25. The molecule has 0 saturated carbocycles. The van der Waals surface area contributed by atoms with Crippen molar-refractivity contribution < 1.29 is 4.79 Å². The second kappa shape index (κ2) is 7.92. The second-order valence-electron chi connectivity index (χ2n) is 5.89. The molecule has 23 heavy (non-hydrogen) atoms. The third kappa shape index (κ3) is 4.20. The molecule has 3 N–H and O–H groups in total. The van der Waals surface area contributed by atoms with Crippen LogP contribution in [0.15, 0.2) is 42.7 Å². The lowest BCUT2D eigenvalue weighted by molar-refractivity contribution is -0.131.